The zero-order chi connectivity index (χ0) is 22.5. The number of aromatic carboxylic acids is 1. The quantitative estimate of drug-likeness (QED) is 0.333. The highest BCUT2D eigenvalue weighted by atomic mass is 79.9. The highest BCUT2D eigenvalue weighted by Gasteiger charge is 2.14. The largest absolute Gasteiger partial charge is 0.493 e. The highest BCUT2D eigenvalue weighted by Crippen LogP contribution is 2.38. The number of benzene rings is 3. The van der Waals surface area contributed by atoms with Crippen molar-refractivity contribution in [1.82, 2.24) is 0 Å². The van der Waals surface area contributed by atoms with Crippen molar-refractivity contribution in [3.8, 4) is 11.5 Å². The van der Waals surface area contributed by atoms with E-state index in [-0.39, 0.29) is 12.2 Å². The number of ether oxygens (including phenoxy) is 2. The van der Waals surface area contributed by atoms with Crippen LogP contribution in [-0.2, 0) is 13.2 Å². The molecule has 0 heterocycles. The van der Waals surface area contributed by atoms with Gasteiger partial charge in [-0.25, -0.2) is 4.79 Å². The molecule has 3 aromatic rings. The van der Waals surface area contributed by atoms with Gasteiger partial charge < -0.3 is 19.9 Å². The molecular weight excluding hydrogens is 505 g/mol. The Bertz CT molecular complexity index is 1120. The van der Waals surface area contributed by atoms with Crippen LogP contribution in [0.2, 0.25) is 10.0 Å². The number of hydrogen-bond acceptors (Lipinski definition) is 4. The Kier molecular flexibility index (Phi) is 7.70. The lowest BCUT2D eigenvalue weighted by Gasteiger charge is -2.16. The van der Waals surface area contributed by atoms with E-state index >= 15 is 0 Å². The van der Waals surface area contributed by atoms with Crippen molar-refractivity contribution in [2.24, 2.45) is 0 Å². The molecule has 3 aromatic carbocycles. The van der Waals surface area contributed by atoms with E-state index in [1.54, 1.807) is 37.4 Å². The van der Waals surface area contributed by atoms with Crippen LogP contribution in [0.25, 0.3) is 0 Å². The fourth-order valence-electron chi connectivity index (χ4n) is 2.95. The normalized spacial score (nSPS) is 10.6. The van der Waals surface area contributed by atoms with Crippen LogP contribution in [0.3, 0.4) is 0 Å². The fourth-order valence-corrected chi connectivity index (χ4v) is 4.01. The summed E-state index contributed by atoms with van der Waals surface area (Å²) in [4.78, 5) is 11.2. The molecule has 3 rings (SSSR count). The van der Waals surface area contributed by atoms with Crippen LogP contribution in [0.4, 0.5) is 5.69 Å². The summed E-state index contributed by atoms with van der Waals surface area (Å²) in [5.41, 5.74) is 3.68. The van der Waals surface area contributed by atoms with Crippen molar-refractivity contribution < 1.29 is 19.4 Å². The maximum Gasteiger partial charge on any atom is 0.335 e. The topological polar surface area (TPSA) is 67.8 Å². The van der Waals surface area contributed by atoms with Crippen LogP contribution in [0.15, 0.2) is 53.0 Å². The molecule has 8 heteroatoms. The molecule has 0 saturated heterocycles. The minimum Gasteiger partial charge on any atom is -0.493 e. The lowest BCUT2D eigenvalue weighted by Crippen LogP contribution is -2.05. The number of aryl methyl sites for hydroxylation is 1. The summed E-state index contributed by atoms with van der Waals surface area (Å²) in [7, 11) is 1.57. The molecule has 0 radical (unpaired) electrons. The molecule has 0 fully saturated rings. The van der Waals surface area contributed by atoms with Crippen molar-refractivity contribution in [2.75, 3.05) is 12.4 Å². The van der Waals surface area contributed by atoms with Crippen LogP contribution in [-0.4, -0.2) is 18.2 Å². The van der Waals surface area contributed by atoms with Gasteiger partial charge in [0, 0.05) is 27.8 Å². The number of carboxylic acids is 1. The summed E-state index contributed by atoms with van der Waals surface area (Å²) in [6.45, 7) is 2.65. The first-order chi connectivity index (χ1) is 14.8. The molecule has 0 aliphatic rings. The predicted molar refractivity (Wildman–Crippen MR) is 127 cm³/mol. The van der Waals surface area contributed by atoms with E-state index in [0.29, 0.717) is 28.1 Å². The molecule has 162 valence electrons. The molecule has 0 aliphatic heterocycles. The lowest BCUT2D eigenvalue weighted by atomic mass is 10.1. The molecule has 0 aliphatic carbocycles. The molecule has 0 amide bonds. The van der Waals surface area contributed by atoms with Crippen molar-refractivity contribution >= 4 is 50.8 Å². The van der Waals surface area contributed by atoms with Crippen LogP contribution in [0.1, 0.15) is 27.0 Å². The van der Waals surface area contributed by atoms with Gasteiger partial charge in [0.2, 0.25) is 0 Å². The third-order valence-corrected chi connectivity index (χ3v) is 5.82. The first-order valence-electron chi connectivity index (χ1n) is 9.29. The Morgan fingerprint density at radius 2 is 1.90 bits per heavy atom. The number of rotatable bonds is 8. The summed E-state index contributed by atoms with van der Waals surface area (Å²) in [6, 6.07) is 14.0. The number of anilines is 1. The van der Waals surface area contributed by atoms with Gasteiger partial charge in [-0.1, -0.05) is 35.3 Å². The molecular formula is C23H20BrCl2NO4. The van der Waals surface area contributed by atoms with E-state index in [4.69, 9.17) is 32.7 Å². The fraction of sp³-hybridized carbons (Fsp3) is 0.174. The first-order valence-corrected chi connectivity index (χ1v) is 10.8. The van der Waals surface area contributed by atoms with E-state index in [1.165, 1.54) is 0 Å². The second-order valence-corrected chi connectivity index (χ2v) is 8.52. The van der Waals surface area contributed by atoms with Gasteiger partial charge in [0.1, 0.15) is 6.61 Å². The zero-order valence-electron chi connectivity index (χ0n) is 16.8. The maximum atomic E-state index is 11.2. The van der Waals surface area contributed by atoms with Crippen LogP contribution in [0, 0.1) is 6.92 Å². The van der Waals surface area contributed by atoms with Crippen molar-refractivity contribution in [3.63, 3.8) is 0 Å². The smallest absolute Gasteiger partial charge is 0.335 e. The van der Waals surface area contributed by atoms with Gasteiger partial charge in [-0.05, 0) is 70.4 Å². The minimum absolute atomic E-state index is 0.233. The average molecular weight is 525 g/mol. The standard InChI is InChI=1S/C23H20BrCl2NO4/c1-13-3-4-15(23(28)29)9-20(13)27-11-14-7-18(24)22(21(8-14)30-2)31-12-16-5-6-17(25)10-19(16)26/h3-10,27H,11-12H2,1-2H3,(H,28,29). The lowest BCUT2D eigenvalue weighted by molar-refractivity contribution is 0.0697. The van der Waals surface area contributed by atoms with E-state index < -0.39 is 5.97 Å². The van der Waals surface area contributed by atoms with E-state index in [1.807, 2.05) is 25.1 Å². The molecule has 0 aromatic heterocycles. The Labute approximate surface area is 199 Å². The van der Waals surface area contributed by atoms with Crippen LogP contribution in [0.5, 0.6) is 11.5 Å². The Morgan fingerprint density at radius 3 is 2.58 bits per heavy atom. The van der Waals surface area contributed by atoms with E-state index in [0.717, 1.165) is 26.9 Å². The Hall–Kier alpha value is -2.41. The summed E-state index contributed by atoms with van der Waals surface area (Å²) in [5, 5.41) is 13.6. The SMILES string of the molecule is COc1cc(CNc2cc(C(=O)O)ccc2C)cc(Br)c1OCc1ccc(Cl)cc1Cl. The number of hydrogen-bond donors (Lipinski definition) is 2. The van der Waals surface area contributed by atoms with Gasteiger partial charge in [-0.3, -0.25) is 0 Å². The van der Waals surface area contributed by atoms with Gasteiger partial charge in [-0.2, -0.15) is 0 Å². The van der Waals surface area contributed by atoms with Crippen LogP contribution < -0.4 is 14.8 Å². The molecule has 2 N–H and O–H groups in total. The first kappa shape index (κ1) is 23.3. The third kappa shape index (κ3) is 5.85. The Balaban J connectivity index is 1.76. The average Bonchev–Trinajstić information content (AvgIpc) is 2.73. The number of methoxy groups -OCH3 is 1. The van der Waals surface area contributed by atoms with Crippen LogP contribution >= 0.6 is 39.1 Å². The van der Waals surface area contributed by atoms with Gasteiger partial charge in [0.25, 0.3) is 0 Å². The second-order valence-electron chi connectivity index (χ2n) is 6.82. The summed E-state index contributed by atoms with van der Waals surface area (Å²) in [6.07, 6.45) is 0. The van der Waals surface area contributed by atoms with Crippen molar-refractivity contribution in [1.29, 1.82) is 0 Å². The van der Waals surface area contributed by atoms with Crippen molar-refractivity contribution in [2.45, 2.75) is 20.1 Å². The second kappa shape index (κ2) is 10.3. The number of nitrogens with one attached hydrogen (secondary N) is 1. The van der Waals surface area contributed by atoms with E-state index in [9.17, 15) is 9.90 Å². The number of carbonyl (C=O) groups is 1. The number of halogens is 3. The molecule has 0 saturated carbocycles. The van der Waals surface area contributed by atoms with Crippen molar-refractivity contribution in [3.05, 3.63) is 85.3 Å². The number of carboxylic acid groups (broad SMARTS) is 1. The molecule has 0 unspecified atom stereocenters. The molecule has 31 heavy (non-hydrogen) atoms. The minimum atomic E-state index is -0.963. The molecule has 0 atom stereocenters. The monoisotopic (exact) mass is 523 g/mol. The molecule has 0 bridgehead atoms. The summed E-state index contributed by atoms with van der Waals surface area (Å²) < 4.78 is 12.2. The highest BCUT2D eigenvalue weighted by molar-refractivity contribution is 9.10. The zero-order valence-corrected chi connectivity index (χ0v) is 19.9. The van der Waals surface area contributed by atoms with Gasteiger partial charge in [-0.15, -0.1) is 0 Å². The summed E-state index contributed by atoms with van der Waals surface area (Å²) in [5.74, 6) is 0.156. The predicted octanol–water partition coefficient (Wildman–Crippen LogP) is 6.96. The van der Waals surface area contributed by atoms with Gasteiger partial charge in [0.05, 0.1) is 17.1 Å². The summed E-state index contributed by atoms with van der Waals surface area (Å²) >= 11 is 15.7. The Morgan fingerprint density at radius 1 is 1.13 bits per heavy atom. The van der Waals surface area contributed by atoms with E-state index in [2.05, 4.69) is 21.2 Å². The van der Waals surface area contributed by atoms with Gasteiger partial charge in [0.15, 0.2) is 11.5 Å². The molecule has 0 spiro atoms. The van der Waals surface area contributed by atoms with Gasteiger partial charge >= 0.3 is 5.97 Å². The maximum absolute atomic E-state index is 11.2. The molecule has 5 nitrogen and oxygen atoms in total. The third-order valence-electron chi connectivity index (χ3n) is 4.64.